The zero-order valence-electron chi connectivity index (χ0n) is 12.2. The van der Waals surface area contributed by atoms with Gasteiger partial charge in [-0.3, -0.25) is 4.79 Å². The van der Waals surface area contributed by atoms with E-state index in [1.807, 2.05) is 17.0 Å². The number of nitrogen functional groups attached to an aromatic ring is 1. The van der Waals surface area contributed by atoms with Crippen LogP contribution in [-0.2, 0) is 0 Å². The third kappa shape index (κ3) is 3.06. The lowest BCUT2D eigenvalue weighted by Gasteiger charge is -2.32. The van der Waals surface area contributed by atoms with Gasteiger partial charge in [0, 0.05) is 18.8 Å². The van der Waals surface area contributed by atoms with Crippen molar-refractivity contribution in [1.82, 2.24) is 4.90 Å². The second kappa shape index (κ2) is 5.60. The van der Waals surface area contributed by atoms with E-state index in [2.05, 4.69) is 42.8 Å². The van der Waals surface area contributed by atoms with Crippen LogP contribution in [0.15, 0.2) is 34.3 Å². The van der Waals surface area contributed by atoms with Gasteiger partial charge < -0.3 is 10.6 Å². The monoisotopic (exact) mass is 336 g/mol. The SMILES string of the molecule is CC(C)(C)C1=CCN(C(=O)c2cccc(N)c2Br)CC1. The summed E-state index contributed by atoms with van der Waals surface area (Å²) in [6.07, 6.45) is 3.12. The average Bonchev–Trinajstić information content (AvgIpc) is 2.40. The van der Waals surface area contributed by atoms with E-state index in [-0.39, 0.29) is 11.3 Å². The molecule has 0 saturated heterocycles. The summed E-state index contributed by atoms with van der Waals surface area (Å²) in [6.45, 7) is 8.08. The number of hydrogen-bond acceptors (Lipinski definition) is 2. The highest BCUT2D eigenvalue weighted by Gasteiger charge is 2.25. The zero-order valence-corrected chi connectivity index (χ0v) is 13.8. The molecule has 108 valence electrons. The van der Waals surface area contributed by atoms with Crippen molar-refractivity contribution >= 4 is 27.5 Å². The molecular formula is C16H21BrN2O. The molecular weight excluding hydrogens is 316 g/mol. The number of halogens is 1. The third-order valence-corrected chi connectivity index (χ3v) is 4.60. The first-order valence-corrected chi connectivity index (χ1v) is 7.63. The second-order valence-corrected chi connectivity index (χ2v) is 6.98. The number of carbonyl (C=O) groups is 1. The van der Waals surface area contributed by atoms with E-state index >= 15 is 0 Å². The van der Waals surface area contributed by atoms with Gasteiger partial charge in [-0.15, -0.1) is 0 Å². The van der Waals surface area contributed by atoms with E-state index < -0.39 is 0 Å². The van der Waals surface area contributed by atoms with Crippen LogP contribution in [0.1, 0.15) is 37.6 Å². The average molecular weight is 337 g/mol. The van der Waals surface area contributed by atoms with Gasteiger partial charge in [-0.05, 0) is 39.9 Å². The largest absolute Gasteiger partial charge is 0.398 e. The molecule has 0 spiro atoms. The Hall–Kier alpha value is -1.29. The van der Waals surface area contributed by atoms with E-state index in [9.17, 15) is 4.79 Å². The predicted octanol–water partition coefficient (Wildman–Crippen LogP) is 3.85. The first-order chi connectivity index (χ1) is 9.30. The highest BCUT2D eigenvalue weighted by Crippen LogP contribution is 2.31. The molecule has 4 heteroatoms. The summed E-state index contributed by atoms with van der Waals surface area (Å²) in [4.78, 5) is 14.4. The number of nitrogens with two attached hydrogens (primary N) is 1. The molecule has 1 aliphatic heterocycles. The molecule has 0 unspecified atom stereocenters. The van der Waals surface area contributed by atoms with Crippen molar-refractivity contribution in [1.29, 1.82) is 0 Å². The highest BCUT2D eigenvalue weighted by molar-refractivity contribution is 9.10. The van der Waals surface area contributed by atoms with Crippen molar-refractivity contribution < 1.29 is 4.79 Å². The quantitative estimate of drug-likeness (QED) is 0.625. The first kappa shape index (κ1) is 15.1. The van der Waals surface area contributed by atoms with Gasteiger partial charge in [0.25, 0.3) is 5.91 Å². The summed E-state index contributed by atoms with van der Waals surface area (Å²) in [5, 5.41) is 0. The fraction of sp³-hybridized carbons (Fsp3) is 0.438. The van der Waals surface area contributed by atoms with E-state index in [0.29, 0.717) is 22.3 Å². The van der Waals surface area contributed by atoms with Crippen LogP contribution in [0.4, 0.5) is 5.69 Å². The van der Waals surface area contributed by atoms with Gasteiger partial charge in [-0.1, -0.05) is 38.5 Å². The number of nitrogens with zero attached hydrogens (tertiary/aromatic N) is 1. The van der Waals surface area contributed by atoms with Crippen molar-refractivity contribution in [2.45, 2.75) is 27.2 Å². The first-order valence-electron chi connectivity index (χ1n) is 6.83. The number of carbonyl (C=O) groups excluding carboxylic acids is 1. The minimum absolute atomic E-state index is 0.0355. The standard InChI is InChI=1S/C16H21BrN2O/c1-16(2,3)11-7-9-19(10-8-11)15(20)12-5-4-6-13(18)14(12)17/h4-7H,8-10,18H2,1-3H3. The van der Waals surface area contributed by atoms with Crippen LogP contribution in [0.2, 0.25) is 0 Å². The Morgan fingerprint density at radius 2 is 2.05 bits per heavy atom. The number of anilines is 1. The molecule has 3 nitrogen and oxygen atoms in total. The van der Waals surface area contributed by atoms with E-state index in [1.165, 1.54) is 5.57 Å². The van der Waals surface area contributed by atoms with E-state index in [4.69, 9.17) is 5.73 Å². The summed E-state index contributed by atoms with van der Waals surface area (Å²) >= 11 is 3.40. The maximum Gasteiger partial charge on any atom is 0.255 e. The molecule has 0 bridgehead atoms. The van der Waals surface area contributed by atoms with Crippen LogP contribution < -0.4 is 5.73 Å². The van der Waals surface area contributed by atoms with Crippen LogP contribution in [0.3, 0.4) is 0 Å². The lowest BCUT2D eigenvalue weighted by Crippen LogP contribution is -2.36. The summed E-state index contributed by atoms with van der Waals surface area (Å²) < 4.78 is 0.690. The van der Waals surface area contributed by atoms with Crippen molar-refractivity contribution in [2.24, 2.45) is 5.41 Å². The Morgan fingerprint density at radius 3 is 2.60 bits per heavy atom. The minimum Gasteiger partial charge on any atom is -0.398 e. The molecule has 1 amide bonds. The lowest BCUT2D eigenvalue weighted by atomic mass is 9.83. The maximum absolute atomic E-state index is 12.5. The second-order valence-electron chi connectivity index (χ2n) is 6.19. The van der Waals surface area contributed by atoms with E-state index in [1.54, 1.807) is 6.07 Å². The lowest BCUT2D eigenvalue weighted by molar-refractivity contribution is 0.0764. The van der Waals surface area contributed by atoms with E-state index in [0.717, 1.165) is 13.0 Å². The van der Waals surface area contributed by atoms with Crippen LogP contribution in [0.5, 0.6) is 0 Å². The number of amides is 1. The van der Waals surface area contributed by atoms with Crippen molar-refractivity contribution in [3.8, 4) is 0 Å². The van der Waals surface area contributed by atoms with Gasteiger partial charge >= 0.3 is 0 Å². The van der Waals surface area contributed by atoms with Gasteiger partial charge in [-0.25, -0.2) is 0 Å². The molecule has 1 aromatic rings. The Labute approximate surface area is 129 Å². The van der Waals surface area contributed by atoms with Crippen LogP contribution in [0.25, 0.3) is 0 Å². The topological polar surface area (TPSA) is 46.3 Å². The van der Waals surface area contributed by atoms with Crippen molar-refractivity contribution in [3.63, 3.8) is 0 Å². The third-order valence-electron chi connectivity index (χ3n) is 3.72. The number of benzene rings is 1. The highest BCUT2D eigenvalue weighted by atomic mass is 79.9. The Balaban J connectivity index is 2.17. The maximum atomic E-state index is 12.5. The van der Waals surface area contributed by atoms with Gasteiger partial charge in [0.15, 0.2) is 0 Å². The molecule has 1 aliphatic rings. The Morgan fingerprint density at radius 1 is 1.35 bits per heavy atom. The Bertz CT molecular complexity index is 558. The number of rotatable bonds is 1. The molecule has 0 radical (unpaired) electrons. The fourth-order valence-corrected chi connectivity index (χ4v) is 2.85. The van der Waals surface area contributed by atoms with Crippen LogP contribution >= 0.6 is 15.9 Å². The Kier molecular flexibility index (Phi) is 4.23. The summed E-state index contributed by atoms with van der Waals surface area (Å²) in [7, 11) is 0. The molecule has 20 heavy (non-hydrogen) atoms. The molecule has 1 aromatic carbocycles. The van der Waals surface area contributed by atoms with Crippen LogP contribution in [-0.4, -0.2) is 23.9 Å². The summed E-state index contributed by atoms with van der Waals surface area (Å²) in [6, 6.07) is 5.41. The molecule has 0 aromatic heterocycles. The van der Waals surface area contributed by atoms with Gasteiger partial charge in [0.05, 0.1) is 10.0 Å². The molecule has 0 saturated carbocycles. The van der Waals surface area contributed by atoms with Crippen molar-refractivity contribution in [2.75, 3.05) is 18.8 Å². The minimum atomic E-state index is 0.0355. The predicted molar refractivity (Wildman–Crippen MR) is 86.6 cm³/mol. The molecule has 0 aliphatic carbocycles. The summed E-state index contributed by atoms with van der Waals surface area (Å²) in [5.74, 6) is 0.0355. The van der Waals surface area contributed by atoms with Gasteiger partial charge in [0.1, 0.15) is 0 Å². The molecule has 0 atom stereocenters. The normalized spacial score (nSPS) is 16.0. The van der Waals surface area contributed by atoms with Crippen LogP contribution in [0, 0.1) is 5.41 Å². The zero-order chi connectivity index (χ0) is 14.9. The molecule has 1 heterocycles. The number of hydrogen-bond donors (Lipinski definition) is 1. The molecule has 0 fully saturated rings. The summed E-state index contributed by atoms with van der Waals surface area (Å²) in [5.41, 5.74) is 8.68. The van der Waals surface area contributed by atoms with Gasteiger partial charge in [-0.2, -0.15) is 0 Å². The molecule has 2 rings (SSSR count). The fourth-order valence-electron chi connectivity index (χ4n) is 2.42. The van der Waals surface area contributed by atoms with Crippen molar-refractivity contribution in [3.05, 3.63) is 39.9 Å². The smallest absolute Gasteiger partial charge is 0.255 e. The van der Waals surface area contributed by atoms with Gasteiger partial charge in [0.2, 0.25) is 0 Å². The molecule has 2 N–H and O–H groups in total.